The minimum atomic E-state index is -0.210. The monoisotopic (exact) mass is 418 g/mol. The van der Waals surface area contributed by atoms with Gasteiger partial charge in [-0.2, -0.15) is 0 Å². The predicted octanol–water partition coefficient (Wildman–Crippen LogP) is 3.90. The lowest BCUT2D eigenvalue weighted by atomic mass is 9.99. The van der Waals surface area contributed by atoms with Crippen LogP contribution in [0, 0.1) is 12.8 Å². The molecule has 162 valence electrons. The summed E-state index contributed by atoms with van der Waals surface area (Å²) in [6, 6.07) is 11.5. The van der Waals surface area contributed by atoms with Crippen LogP contribution >= 0.6 is 0 Å². The Labute approximate surface area is 182 Å². The second-order valence-corrected chi connectivity index (χ2v) is 8.50. The SMILES string of the molecule is Cc1c(N)cccc1-c1cn(C)c(=O)c(Nc2ccc(N3CCCC(C)C3)c(N)c2)n1. The normalized spacial score (nSPS) is 16.4. The molecule has 1 unspecified atom stereocenters. The molecule has 5 N–H and O–H groups in total. The van der Waals surface area contributed by atoms with Gasteiger partial charge in [-0.1, -0.05) is 19.1 Å². The van der Waals surface area contributed by atoms with E-state index in [1.54, 1.807) is 13.2 Å². The van der Waals surface area contributed by atoms with Crippen molar-refractivity contribution in [2.24, 2.45) is 13.0 Å². The molecule has 2 aromatic carbocycles. The number of benzene rings is 2. The van der Waals surface area contributed by atoms with Crippen molar-refractivity contribution in [3.63, 3.8) is 0 Å². The van der Waals surface area contributed by atoms with Gasteiger partial charge in [-0.25, -0.2) is 4.98 Å². The zero-order valence-corrected chi connectivity index (χ0v) is 18.4. The lowest BCUT2D eigenvalue weighted by molar-refractivity contribution is 0.447. The van der Waals surface area contributed by atoms with Crippen molar-refractivity contribution in [1.29, 1.82) is 0 Å². The number of hydrogen-bond acceptors (Lipinski definition) is 6. The van der Waals surface area contributed by atoms with Crippen LogP contribution < -0.4 is 27.2 Å². The van der Waals surface area contributed by atoms with Crippen LogP contribution in [0.2, 0.25) is 0 Å². The number of anilines is 5. The number of nitrogens with zero attached hydrogens (tertiary/aromatic N) is 3. The summed E-state index contributed by atoms with van der Waals surface area (Å²) >= 11 is 0. The Morgan fingerprint density at radius 2 is 1.97 bits per heavy atom. The Morgan fingerprint density at radius 3 is 2.71 bits per heavy atom. The van der Waals surface area contributed by atoms with E-state index in [4.69, 9.17) is 11.5 Å². The molecule has 1 saturated heterocycles. The Kier molecular flexibility index (Phi) is 5.59. The first-order valence-corrected chi connectivity index (χ1v) is 10.7. The third-order valence-electron chi connectivity index (χ3n) is 6.01. The number of nitrogens with one attached hydrogen (secondary N) is 1. The smallest absolute Gasteiger partial charge is 0.293 e. The molecule has 0 saturated carbocycles. The van der Waals surface area contributed by atoms with Gasteiger partial charge in [-0.15, -0.1) is 0 Å². The average molecular weight is 419 g/mol. The molecule has 1 aliphatic heterocycles. The largest absolute Gasteiger partial charge is 0.398 e. The Bertz CT molecular complexity index is 1170. The van der Waals surface area contributed by atoms with Gasteiger partial charge in [0.2, 0.25) is 0 Å². The van der Waals surface area contributed by atoms with Gasteiger partial charge in [-0.05, 0) is 55.5 Å². The van der Waals surface area contributed by atoms with Crippen molar-refractivity contribution in [1.82, 2.24) is 9.55 Å². The van der Waals surface area contributed by atoms with Gasteiger partial charge < -0.3 is 26.3 Å². The van der Waals surface area contributed by atoms with E-state index in [9.17, 15) is 4.79 Å². The average Bonchev–Trinajstić information content (AvgIpc) is 2.73. The molecule has 2 heterocycles. The highest BCUT2D eigenvalue weighted by Crippen LogP contribution is 2.31. The van der Waals surface area contributed by atoms with Gasteiger partial charge in [0.05, 0.1) is 17.1 Å². The van der Waals surface area contributed by atoms with Crippen LogP contribution in [0.5, 0.6) is 0 Å². The molecule has 1 aliphatic rings. The quantitative estimate of drug-likeness (QED) is 0.556. The lowest BCUT2D eigenvalue weighted by Gasteiger charge is -2.33. The summed E-state index contributed by atoms with van der Waals surface area (Å²) in [5.74, 6) is 0.914. The van der Waals surface area contributed by atoms with Crippen molar-refractivity contribution in [2.45, 2.75) is 26.7 Å². The van der Waals surface area contributed by atoms with Gasteiger partial charge in [0.15, 0.2) is 5.82 Å². The third kappa shape index (κ3) is 4.21. The standard InChI is InChI=1S/C24H30N6O/c1-15-6-5-11-30(13-15)22-10-9-17(12-20(22)26)27-23-24(31)29(3)14-21(28-23)18-7-4-8-19(25)16(18)2/h4,7-10,12,14-15H,5-6,11,13,25-26H2,1-3H3,(H,27,28). The Hall–Kier alpha value is -3.48. The van der Waals surface area contributed by atoms with E-state index < -0.39 is 0 Å². The van der Waals surface area contributed by atoms with E-state index in [0.717, 1.165) is 35.6 Å². The summed E-state index contributed by atoms with van der Waals surface area (Å²) in [6.45, 7) is 6.26. The van der Waals surface area contributed by atoms with E-state index in [1.807, 2.05) is 43.3 Å². The first-order chi connectivity index (χ1) is 14.8. The van der Waals surface area contributed by atoms with E-state index in [2.05, 4.69) is 22.1 Å². The zero-order chi connectivity index (χ0) is 22.1. The van der Waals surface area contributed by atoms with E-state index in [1.165, 1.54) is 17.4 Å². The molecule has 0 spiro atoms. The fourth-order valence-electron chi connectivity index (χ4n) is 4.21. The summed E-state index contributed by atoms with van der Waals surface area (Å²) in [6.07, 6.45) is 4.16. The zero-order valence-electron chi connectivity index (χ0n) is 18.4. The van der Waals surface area contributed by atoms with Crippen LogP contribution in [0.3, 0.4) is 0 Å². The van der Waals surface area contributed by atoms with E-state index in [0.29, 0.717) is 23.0 Å². The highest BCUT2D eigenvalue weighted by atomic mass is 16.1. The fraction of sp³-hybridized carbons (Fsp3) is 0.333. The number of aryl methyl sites for hydroxylation is 1. The van der Waals surface area contributed by atoms with Crippen molar-refractivity contribution in [3.8, 4) is 11.3 Å². The number of nitrogen functional groups attached to an aromatic ring is 2. The molecule has 0 aliphatic carbocycles. The molecule has 1 fully saturated rings. The molecule has 0 bridgehead atoms. The maximum Gasteiger partial charge on any atom is 0.293 e. The first-order valence-electron chi connectivity index (χ1n) is 10.7. The molecule has 31 heavy (non-hydrogen) atoms. The Balaban J connectivity index is 1.65. The van der Waals surface area contributed by atoms with E-state index >= 15 is 0 Å². The van der Waals surface area contributed by atoms with Crippen molar-refractivity contribution >= 4 is 28.6 Å². The molecule has 0 radical (unpaired) electrons. The molecule has 1 atom stereocenters. The summed E-state index contributed by atoms with van der Waals surface area (Å²) in [5, 5.41) is 3.16. The van der Waals surface area contributed by atoms with Gasteiger partial charge in [0, 0.05) is 43.3 Å². The molecule has 0 amide bonds. The highest BCUT2D eigenvalue weighted by Gasteiger charge is 2.19. The summed E-state index contributed by atoms with van der Waals surface area (Å²) < 4.78 is 1.53. The topological polar surface area (TPSA) is 102 Å². The van der Waals surface area contributed by atoms with Crippen molar-refractivity contribution in [3.05, 3.63) is 58.5 Å². The van der Waals surface area contributed by atoms with Crippen LogP contribution in [0.1, 0.15) is 25.3 Å². The molecule has 7 heteroatoms. The highest BCUT2D eigenvalue weighted by molar-refractivity contribution is 5.75. The molecular formula is C24H30N6O. The predicted molar refractivity (Wildman–Crippen MR) is 129 cm³/mol. The van der Waals surface area contributed by atoms with Gasteiger partial charge in [0.25, 0.3) is 5.56 Å². The number of rotatable bonds is 4. The number of piperidine rings is 1. The molecule has 4 rings (SSSR count). The maximum atomic E-state index is 12.7. The van der Waals surface area contributed by atoms with Gasteiger partial charge >= 0.3 is 0 Å². The molecule has 7 nitrogen and oxygen atoms in total. The van der Waals surface area contributed by atoms with Crippen LogP contribution in [0.15, 0.2) is 47.4 Å². The van der Waals surface area contributed by atoms with Crippen LogP contribution in [0.25, 0.3) is 11.3 Å². The molecule has 3 aromatic rings. The number of aromatic nitrogens is 2. The summed E-state index contributed by atoms with van der Waals surface area (Å²) in [5.41, 5.74) is 17.9. The summed E-state index contributed by atoms with van der Waals surface area (Å²) in [4.78, 5) is 19.7. The van der Waals surface area contributed by atoms with Crippen molar-refractivity contribution in [2.75, 3.05) is 34.8 Å². The maximum absolute atomic E-state index is 12.7. The van der Waals surface area contributed by atoms with Gasteiger partial charge in [-0.3, -0.25) is 4.79 Å². The lowest BCUT2D eigenvalue weighted by Crippen LogP contribution is -2.34. The van der Waals surface area contributed by atoms with Gasteiger partial charge in [0.1, 0.15) is 0 Å². The van der Waals surface area contributed by atoms with Crippen LogP contribution in [0.4, 0.5) is 28.6 Å². The summed E-state index contributed by atoms with van der Waals surface area (Å²) in [7, 11) is 1.72. The minimum Gasteiger partial charge on any atom is -0.398 e. The number of hydrogen-bond donors (Lipinski definition) is 3. The second-order valence-electron chi connectivity index (χ2n) is 8.50. The fourth-order valence-corrected chi connectivity index (χ4v) is 4.21. The second kappa shape index (κ2) is 8.34. The number of nitrogens with two attached hydrogens (primary N) is 2. The molecule has 1 aromatic heterocycles. The molecular weight excluding hydrogens is 388 g/mol. The van der Waals surface area contributed by atoms with Crippen molar-refractivity contribution < 1.29 is 0 Å². The first kappa shape index (κ1) is 20.8. The Morgan fingerprint density at radius 1 is 1.16 bits per heavy atom. The van der Waals surface area contributed by atoms with Crippen LogP contribution in [-0.4, -0.2) is 22.6 Å². The van der Waals surface area contributed by atoms with Crippen LogP contribution in [-0.2, 0) is 7.05 Å². The third-order valence-corrected chi connectivity index (χ3v) is 6.01. The minimum absolute atomic E-state index is 0.210. The van der Waals surface area contributed by atoms with E-state index in [-0.39, 0.29) is 11.4 Å².